The SMILES string of the molecule is O=C(Nc1nc2cc(Br)ccn2n1)N1CCC(N2CC=CC2)C1. The van der Waals surface area contributed by atoms with Crippen LogP contribution in [0.3, 0.4) is 0 Å². The molecule has 7 nitrogen and oxygen atoms in total. The number of urea groups is 1. The molecule has 120 valence electrons. The number of hydrogen-bond donors (Lipinski definition) is 1. The Labute approximate surface area is 142 Å². The fraction of sp³-hybridized carbons (Fsp3) is 0.400. The maximum Gasteiger partial charge on any atom is 0.324 e. The molecule has 0 saturated carbocycles. The second-order valence-corrected chi connectivity index (χ2v) is 6.74. The summed E-state index contributed by atoms with van der Waals surface area (Å²) in [5.41, 5.74) is 0.692. The summed E-state index contributed by atoms with van der Waals surface area (Å²) in [5, 5.41) is 7.07. The summed E-state index contributed by atoms with van der Waals surface area (Å²) in [7, 11) is 0. The Bertz CT molecular complexity index is 764. The molecule has 2 aliphatic rings. The largest absolute Gasteiger partial charge is 0.324 e. The fourth-order valence-corrected chi connectivity index (χ4v) is 3.42. The number of pyridine rings is 1. The van der Waals surface area contributed by atoms with Crippen LogP contribution in [0, 0.1) is 0 Å². The smallest absolute Gasteiger partial charge is 0.323 e. The van der Waals surface area contributed by atoms with Gasteiger partial charge in [-0.1, -0.05) is 28.1 Å². The lowest BCUT2D eigenvalue weighted by atomic mass is 10.2. The molecule has 8 heteroatoms. The van der Waals surface area contributed by atoms with Crippen molar-refractivity contribution in [3.63, 3.8) is 0 Å². The molecule has 0 bridgehead atoms. The number of rotatable bonds is 2. The van der Waals surface area contributed by atoms with E-state index in [2.05, 4.69) is 48.4 Å². The molecular weight excluding hydrogens is 360 g/mol. The quantitative estimate of drug-likeness (QED) is 0.813. The molecule has 2 amide bonds. The van der Waals surface area contributed by atoms with Crippen molar-refractivity contribution < 1.29 is 4.79 Å². The van der Waals surface area contributed by atoms with Crippen LogP contribution in [-0.2, 0) is 0 Å². The van der Waals surface area contributed by atoms with E-state index in [-0.39, 0.29) is 6.03 Å². The van der Waals surface area contributed by atoms with Gasteiger partial charge in [-0.25, -0.2) is 9.31 Å². The number of likely N-dealkylation sites (tertiary alicyclic amines) is 1. The molecule has 23 heavy (non-hydrogen) atoms. The first-order chi connectivity index (χ1) is 11.2. The van der Waals surface area contributed by atoms with Gasteiger partial charge in [0.15, 0.2) is 5.65 Å². The molecule has 2 aromatic heterocycles. The molecule has 1 fully saturated rings. The van der Waals surface area contributed by atoms with E-state index in [0.717, 1.165) is 37.1 Å². The summed E-state index contributed by atoms with van der Waals surface area (Å²) in [6.07, 6.45) is 7.18. The third-order valence-electron chi connectivity index (χ3n) is 4.33. The first kappa shape index (κ1) is 14.6. The van der Waals surface area contributed by atoms with Crippen LogP contribution in [0.15, 0.2) is 35.0 Å². The number of fused-ring (bicyclic) bond motifs is 1. The Morgan fingerprint density at radius 3 is 3.00 bits per heavy atom. The molecule has 2 aromatic rings. The van der Waals surface area contributed by atoms with Crippen LogP contribution >= 0.6 is 15.9 Å². The lowest BCUT2D eigenvalue weighted by Crippen LogP contribution is -2.39. The highest BCUT2D eigenvalue weighted by molar-refractivity contribution is 9.10. The molecule has 4 heterocycles. The monoisotopic (exact) mass is 376 g/mol. The van der Waals surface area contributed by atoms with Crippen molar-refractivity contribution in [2.24, 2.45) is 0 Å². The van der Waals surface area contributed by atoms with Gasteiger partial charge in [-0.2, -0.15) is 4.98 Å². The Hall–Kier alpha value is -1.93. The molecule has 2 aliphatic heterocycles. The summed E-state index contributed by atoms with van der Waals surface area (Å²) < 4.78 is 2.57. The first-order valence-corrected chi connectivity index (χ1v) is 8.45. The van der Waals surface area contributed by atoms with E-state index < -0.39 is 0 Å². The molecule has 0 aromatic carbocycles. The van der Waals surface area contributed by atoms with E-state index in [4.69, 9.17) is 0 Å². The van der Waals surface area contributed by atoms with Crippen LogP contribution in [0.2, 0.25) is 0 Å². The van der Waals surface area contributed by atoms with Crippen molar-refractivity contribution in [2.45, 2.75) is 12.5 Å². The number of carbonyl (C=O) groups excluding carboxylic acids is 1. The normalized spacial score (nSPS) is 21.4. The van der Waals surface area contributed by atoms with Crippen molar-refractivity contribution in [3.05, 3.63) is 35.0 Å². The third kappa shape index (κ3) is 2.96. The highest BCUT2D eigenvalue weighted by atomic mass is 79.9. The van der Waals surface area contributed by atoms with Crippen molar-refractivity contribution in [3.8, 4) is 0 Å². The first-order valence-electron chi connectivity index (χ1n) is 7.66. The number of hydrogen-bond acceptors (Lipinski definition) is 4. The predicted octanol–water partition coefficient (Wildman–Crippen LogP) is 1.97. The second kappa shape index (κ2) is 5.93. The number of aromatic nitrogens is 3. The maximum absolute atomic E-state index is 12.4. The van der Waals surface area contributed by atoms with E-state index >= 15 is 0 Å². The topological polar surface area (TPSA) is 65.8 Å². The van der Waals surface area contributed by atoms with Gasteiger partial charge in [0.2, 0.25) is 0 Å². The van der Waals surface area contributed by atoms with E-state index in [1.807, 2.05) is 17.0 Å². The van der Waals surface area contributed by atoms with E-state index in [0.29, 0.717) is 17.6 Å². The van der Waals surface area contributed by atoms with Gasteiger partial charge in [0.25, 0.3) is 5.95 Å². The van der Waals surface area contributed by atoms with Crippen LogP contribution in [0.25, 0.3) is 5.65 Å². The van der Waals surface area contributed by atoms with Crippen LogP contribution < -0.4 is 5.32 Å². The van der Waals surface area contributed by atoms with Gasteiger partial charge in [-0.15, -0.1) is 5.10 Å². The Kier molecular flexibility index (Phi) is 3.78. The summed E-state index contributed by atoms with van der Waals surface area (Å²) >= 11 is 3.40. The van der Waals surface area contributed by atoms with Crippen LogP contribution in [-0.4, -0.2) is 62.6 Å². The zero-order valence-electron chi connectivity index (χ0n) is 12.5. The summed E-state index contributed by atoms with van der Waals surface area (Å²) in [5.74, 6) is 0.333. The molecule has 0 radical (unpaired) electrons. The number of halogens is 1. The third-order valence-corrected chi connectivity index (χ3v) is 4.83. The van der Waals surface area contributed by atoms with Gasteiger partial charge in [0.1, 0.15) is 0 Å². The van der Waals surface area contributed by atoms with Crippen molar-refractivity contribution in [1.82, 2.24) is 24.4 Å². The standard InChI is InChI=1S/C15H17BrN6O/c16-11-3-8-22-13(9-11)17-14(19-22)18-15(23)21-7-4-12(10-21)20-5-1-2-6-20/h1-3,8-9,12H,4-7,10H2,(H,18,19,23). The fourth-order valence-electron chi connectivity index (χ4n) is 3.10. The van der Waals surface area contributed by atoms with E-state index in [1.54, 1.807) is 10.7 Å². The number of nitrogens with zero attached hydrogens (tertiary/aromatic N) is 5. The lowest BCUT2D eigenvalue weighted by Gasteiger charge is -2.23. The molecule has 0 spiro atoms. The maximum atomic E-state index is 12.4. The van der Waals surface area contributed by atoms with Gasteiger partial charge < -0.3 is 4.90 Å². The minimum absolute atomic E-state index is 0.130. The number of amides is 2. The highest BCUT2D eigenvalue weighted by Gasteiger charge is 2.30. The summed E-state index contributed by atoms with van der Waals surface area (Å²) in [6, 6.07) is 4.05. The highest BCUT2D eigenvalue weighted by Crippen LogP contribution is 2.19. The zero-order chi connectivity index (χ0) is 15.8. The number of anilines is 1. The number of carbonyl (C=O) groups is 1. The Morgan fingerprint density at radius 2 is 2.17 bits per heavy atom. The predicted molar refractivity (Wildman–Crippen MR) is 90.4 cm³/mol. The average Bonchev–Trinajstić information content (AvgIpc) is 3.26. The second-order valence-electron chi connectivity index (χ2n) is 5.83. The van der Waals surface area contributed by atoms with E-state index in [9.17, 15) is 4.79 Å². The Balaban J connectivity index is 1.41. The van der Waals surface area contributed by atoms with Gasteiger partial charge in [-0.3, -0.25) is 10.2 Å². The van der Waals surface area contributed by atoms with Gasteiger partial charge in [-0.05, 0) is 18.6 Å². The average molecular weight is 377 g/mol. The van der Waals surface area contributed by atoms with Gasteiger partial charge in [0, 0.05) is 42.9 Å². The molecule has 4 rings (SSSR count). The lowest BCUT2D eigenvalue weighted by molar-refractivity contribution is 0.212. The number of nitrogens with one attached hydrogen (secondary N) is 1. The molecule has 1 saturated heterocycles. The Morgan fingerprint density at radius 1 is 1.35 bits per heavy atom. The van der Waals surface area contributed by atoms with Crippen LogP contribution in [0.1, 0.15) is 6.42 Å². The molecule has 1 unspecified atom stereocenters. The summed E-state index contributed by atoms with van der Waals surface area (Å²) in [6.45, 7) is 3.50. The minimum atomic E-state index is -0.130. The zero-order valence-corrected chi connectivity index (χ0v) is 14.1. The van der Waals surface area contributed by atoms with Gasteiger partial charge in [0.05, 0.1) is 0 Å². The van der Waals surface area contributed by atoms with E-state index in [1.165, 1.54) is 0 Å². The summed E-state index contributed by atoms with van der Waals surface area (Å²) in [4.78, 5) is 21.0. The van der Waals surface area contributed by atoms with Gasteiger partial charge >= 0.3 is 6.03 Å². The van der Waals surface area contributed by atoms with Crippen LogP contribution in [0.5, 0.6) is 0 Å². The van der Waals surface area contributed by atoms with Crippen molar-refractivity contribution >= 4 is 33.6 Å². The van der Waals surface area contributed by atoms with Crippen molar-refractivity contribution in [1.29, 1.82) is 0 Å². The molecular formula is C15H17BrN6O. The molecule has 1 atom stereocenters. The van der Waals surface area contributed by atoms with Crippen molar-refractivity contribution in [2.75, 3.05) is 31.5 Å². The molecule has 1 N–H and O–H groups in total. The minimum Gasteiger partial charge on any atom is -0.323 e. The molecule has 0 aliphatic carbocycles. The van der Waals surface area contributed by atoms with Crippen LogP contribution in [0.4, 0.5) is 10.7 Å².